The zero-order valence-electron chi connectivity index (χ0n) is 15.9. The summed E-state index contributed by atoms with van der Waals surface area (Å²) in [7, 11) is 1.79. The quantitative estimate of drug-likeness (QED) is 0.596. The molecule has 0 unspecified atom stereocenters. The Hall–Kier alpha value is -2.58. The molecule has 27 heavy (non-hydrogen) atoms. The minimum Gasteiger partial charge on any atom is -0.357 e. The molecule has 0 bridgehead atoms. The fraction of sp³-hybridized carbons (Fsp3) is 0.500. The second-order valence-electron chi connectivity index (χ2n) is 6.81. The van der Waals surface area contributed by atoms with Gasteiger partial charge in [0, 0.05) is 25.6 Å². The van der Waals surface area contributed by atoms with Crippen LogP contribution in [0.1, 0.15) is 37.7 Å². The van der Waals surface area contributed by atoms with Crippen molar-refractivity contribution in [3.05, 3.63) is 47.5 Å². The lowest BCUT2D eigenvalue weighted by molar-refractivity contribution is -0.137. The second-order valence-corrected chi connectivity index (χ2v) is 6.81. The molecule has 0 amide bonds. The van der Waals surface area contributed by atoms with Crippen molar-refractivity contribution in [3.63, 3.8) is 0 Å². The average Bonchev–Trinajstić information content (AvgIpc) is 3.02. The van der Waals surface area contributed by atoms with Crippen LogP contribution in [-0.4, -0.2) is 33.8 Å². The van der Waals surface area contributed by atoms with Gasteiger partial charge in [-0.3, -0.25) is 4.68 Å². The third kappa shape index (κ3) is 5.70. The number of aliphatic imine (C=N–C) groups is 1. The molecule has 1 aromatic carbocycles. The third-order valence-electron chi connectivity index (χ3n) is 4.20. The van der Waals surface area contributed by atoms with E-state index < -0.39 is 17.2 Å². The van der Waals surface area contributed by atoms with Crippen LogP contribution in [0.5, 0.6) is 0 Å². The first kappa shape index (κ1) is 20.7. The summed E-state index contributed by atoms with van der Waals surface area (Å²) in [5.41, 5.74) is -0.563. The first-order valence-corrected chi connectivity index (χ1v) is 8.66. The Bertz CT molecular complexity index is 779. The normalized spacial score (nSPS) is 12.9. The molecule has 0 aliphatic rings. The van der Waals surface area contributed by atoms with Crippen molar-refractivity contribution in [2.75, 3.05) is 13.1 Å². The van der Waals surface area contributed by atoms with Gasteiger partial charge >= 0.3 is 6.18 Å². The number of rotatable bonds is 6. The highest BCUT2D eigenvalue weighted by atomic mass is 19.4. The Morgan fingerprint density at radius 2 is 1.89 bits per heavy atom. The molecule has 0 aliphatic heterocycles. The standard InChI is InChI=1S/C18H25F3N6/c1-5-22-16(23-10-15-25-12-26-27(15)4)24-11-17(2,3)13-7-6-8-14(9-13)18(19,20)21/h6-9,12H,5,10-11H2,1-4H3,(H2,22,23,24). The minimum absolute atomic E-state index is 0.343. The van der Waals surface area contributed by atoms with Gasteiger partial charge < -0.3 is 10.6 Å². The Balaban J connectivity index is 2.10. The highest BCUT2D eigenvalue weighted by molar-refractivity contribution is 5.79. The lowest BCUT2D eigenvalue weighted by atomic mass is 9.84. The average molecular weight is 382 g/mol. The molecule has 0 spiro atoms. The predicted molar refractivity (Wildman–Crippen MR) is 98.3 cm³/mol. The maximum atomic E-state index is 13.0. The molecule has 6 nitrogen and oxygen atoms in total. The van der Waals surface area contributed by atoms with Crippen LogP contribution < -0.4 is 10.6 Å². The Kier molecular flexibility index (Phi) is 6.45. The van der Waals surface area contributed by atoms with E-state index in [4.69, 9.17) is 0 Å². The summed E-state index contributed by atoms with van der Waals surface area (Å²) in [4.78, 5) is 8.58. The molecular formula is C18H25F3N6. The van der Waals surface area contributed by atoms with Crippen molar-refractivity contribution >= 4 is 5.96 Å². The fourth-order valence-electron chi connectivity index (χ4n) is 2.48. The number of hydrogen-bond donors (Lipinski definition) is 2. The number of aryl methyl sites for hydroxylation is 1. The van der Waals surface area contributed by atoms with E-state index in [9.17, 15) is 13.2 Å². The molecule has 0 saturated heterocycles. The molecule has 1 aromatic heterocycles. The molecule has 0 radical (unpaired) electrons. The monoisotopic (exact) mass is 382 g/mol. The Labute approximate surface area is 156 Å². The van der Waals surface area contributed by atoms with E-state index in [1.54, 1.807) is 17.8 Å². The molecule has 148 valence electrons. The lowest BCUT2D eigenvalue weighted by Gasteiger charge is -2.27. The summed E-state index contributed by atoms with van der Waals surface area (Å²) < 4.78 is 40.6. The predicted octanol–water partition coefficient (Wildman–Crippen LogP) is 2.87. The van der Waals surface area contributed by atoms with Crippen molar-refractivity contribution in [3.8, 4) is 0 Å². The van der Waals surface area contributed by atoms with Crippen LogP contribution >= 0.6 is 0 Å². The zero-order chi connectivity index (χ0) is 20.1. The van der Waals surface area contributed by atoms with Crippen molar-refractivity contribution < 1.29 is 13.2 Å². The molecule has 0 saturated carbocycles. The van der Waals surface area contributed by atoms with Crippen LogP contribution in [-0.2, 0) is 25.2 Å². The fourth-order valence-corrected chi connectivity index (χ4v) is 2.48. The molecule has 0 atom stereocenters. The van der Waals surface area contributed by atoms with Crippen LogP contribution in [0.15, 0.2) is 35.6 Å². The highest BCUT2D eigenvalue weighted by Crippen LogP contribution is 2.32. The number of benzene rings is 1. The van der Waals surface area contributed by atoms with E-state index in [2.05, 4.69) is 25.7 Å². The molecule has 1 heterocycles. The second kappa shape index (κ2) is 8.41. The van der Waals surface area contributed by atoms with Gasteiger partial charge in [0.05, 0.1) is 5.56 Å². The molecule has 0 aliphatic carbocycles. The van der Waals surface area contributed by atoms with Gasteiger partial charge in [-0.05, 0) is 18.6 Å². The van der Waals surface area contributed by atoms with Gasteiger partial charge in [-0.15, -0.1) is 0 Å². The van der Waals surface area contributed by atoms with Gasteiger partial charge in [-0.2, -0.15) is 18.3 Å². The van der Waals surface area contributed by atoms with Crippen molar-refractivity contribution in [2.45, 2.75) is 38.9 Å². The summed E-state index contributed by atoms with van der Waals surface area (Å²) in [6, 6.07) is 5.43. The SMILES string of the molecule is CCNC(=NCc1ncnn1C)NCC(C)(C)c1cccc(C(F)(F)F)c1. The number of nitrogens with zero attached hydrogens (tertiary/aromatic N) is 4. The summed E-state index contributed by atoms with van der Waals surface area (Å²) in [5, 5.41) is 10.3. The number of hydrogen-bond acceptors (Lipinski definition) is 3. The maximum Gasteiger partial charge on any atom is 0.416 e. The van der Waals surface area contributed by atoms with Crippen LogP contribution in [0.3, 0.4) is 0 Å². The smallest absolute Gasteiger partial charge is 0.357 e. The van der Waals surface area contributed by atoms with Crippen LogP contribution in [0.4, 0.5) is 13.2 Å². The number of guanidine groups is 1. The number of aromatic nitrogens is 3. The molecule has 2 rings (SSSR count). The first-order chi connectivity index (χ1) is 12.6. The van der Waals surface area contributed by atoms with E-state index in [1.807, 2.05) is 20.8 Å². The molecule has 9 heteroatoms. The van der Waals surface area contributed by atoms with Gasteiger partial charge in [0.25, 0.3) is 0 Å². The van der Waals surface area contributed by atoms with E-state index in [-0.39, 0.29) is 0 Å². The van der Waals surface area contributed by atoms with Gasteiger partial charge in [0.15, 0.2) is 5.96 Å². The third-order valence-corrected chi connectivity index (χ3v) is 4.20. The number of nitrogens with one attached hydrogen (secondary N) is 2. The number of alkyl halides is 3. The first-order valence-electron chi connectivity index (χ1n) is 8.66. The summed E-state index contributed by atoms with van der Waals surface area (Å²) in [6.07, 6.45) is -2.89. The summed E-state index contributed by atoms with van der Waals surface area (Å²) >= 11 is 0. The maximum absolute atomic E-state index is 13.0. The minimum atomic E-state index is -4.36. The highest BCUT2D eigenvalue weighted by Gasteiger charge is 2.32. The van der Waals surface area contributed by atoms with Crippen molar-refractivity contribution in [1.82, 2.24) is 25.4 Å². The molecule has 2 N–H and O–H groups in total. The van der Waals surface area contributed by atoms with Gasteiger partial charge in [-0.25, -0.2) is 9.98 Å². The van der Waals surface area contributed by atoms with Gasteiger partial charge in [0.1, 0.15) is 18.7 Å². The molecule has 2 aromatic rings. The van der Waals surface area contributed by atoms with Gasteiger partial charge in [0.2, 0.25) is 0 Å². The zero-order valence-corrected chi connectivity index (χ0v) is 15.9. The largest absolute Gasteiger partial charge is 0.416 e. The van der Waals surface area contributed by atoms with Crippen LogP contribution in [0.2, 0.25) is 0 Å². The van der Waals surface area contributed by atoms with E-state index in [1.165, 1.54) is 18.5 Å². The molecule has 0 fully saturated rings. The summed E-state index contributed by atoms with van der Waals surface area (Å²) in [6.45, 7) is 7.14. The topological polar surface area (TPSA) is 67.1 Å². The van der Waals surface area contributed by atoms with Crippen LogP contribution in [0.25, 0.3) is 0 Å². The van der Waals surface area contributed by atoms with Crippen molar-refractivity contribution in [1.29, 1.82) is 0 Å². The van der Waals surface area contributed by atoms with E-state index in [0.29, 0.717) is 37.0 Å². The Morgan fingerprint density at radius 3 is 2.48 bits per heavy atom. The van der Waals surface area contributed by atoms with Crippen LogP contribution in [0, 0.1) is 0 Å². The van der Waals surface area contributed by atoms with Crippen molar-refractivity contribution in [2.24, 2.45) is 12.0 Å². The number of halogens is 3. The van der Waals surface area contributed by atoms with E-state index in [0.717, 1.165) is 6.07 Å². The van der Waals surface area contributed by atoms with E-state index >= 15 is 0 Å². The molecular weight excluding hydrogens is 357 g/mol. The van der Waals surface area contributed by atoms with Gasteiger partial charge in [-0.1, -0.05) is 32.0 Å². The lowest BCUT2D eigenvalue weighted by Crippen LogP contribution is -2.43. The Morgan fingerprint density at radius 1 is 1.19 bits per heavy atom. The summed E-state index contributed by atoms with van der Waals surface area (Å²) in [5.74, 6) is 1.28.